The van der Waals surface area contributed by atoms with Gasteiger partial charge in [0.25, 0.3) is 11.9 Å². The lowest BCUT2D eigenvalue weighted by Crippen LogP contribution is -2.36. The number of tetrazole rings is 1. The molecule has 1 aromatic rings. The average molecular weight is 188 g/mol. The minimum absolute atomic E-state index is 0. The van der Waals surface area contributed by atoms with E-state index in [2.05, 4.69) is 31.0 Å². The molecule has 0 aliphatic rings. The molecule has 0 unspecified atom stereocenters. The van der Waals surface area contributed by atoms with E-state index in [1.54, 1.807) is 0 Å². The molecule has 11 heteroatoms. The third-order valence-corrected chi connectivity index (χ3v) is 0.930. The molecular weight excluding hydrogens is 180 g/mol. The van der Waals surface area contributed by atoms with E-state index < -0.39 is 0 Å². The van der Waals surface area contributed by atoms with Crippen LogP contribution in [0, 0.1) is 5.41 Å². The largest absolute Gasteiger partial charge is 0.412 e. The molecule has 0 atom stereocenters. The van der Waals surface area contributed by atoms with Crippen LogP contribution in [0.5, 0.6) is 0 Å². The summed E-state index contributed by atoms with van der Waals surface area (Å²) < 4.78 is 0. The highest BCUT2D eigenvalue weighted by Gasteiger charge is 2.10. The molecule has 1 aromatic heterocycles. The minimum atomic E-state index is -0.390. The van der Waals surface area contributed by atoms with Crippen LogP contribution >= 0.6 is 0 Å². The number of guanidine groups is 1. The van der Waals surface area contributed by atoms with Gasteiger partial charge < -0.3 is 11.3 Å². The molecule has 0 saturated heterocycles. The number of nitrogens with one attached hydrogen (secondary N) is 2. The lowest BCUT2D eigenvalue weighted by atomic mass is 10.8. The summed E-state index contributed by atoms with van der Waals surface area (Å²) in [6.45, 7) is 0. The summed E-state index contributed by atoms with van der Waals surface area (Å²) >= 11 is 0. The number of H-pyrrole nitrogens is 1. The lowest BCUT2D eigenvalue weighted by molar-refractivity contribution is 0.824. The smallest absolute Gasteiger partial charge is 0.286 e. The molecule has 1 heterocycles. The van der Waals surface area contributed by atoms with E-state index in [-0.39, 0.29) is 17.4 Å². The number of rotatable bonds is 1. The van der Waals surface area contributed by atoms with Gasteiger partial charge in [0, 0.05) is 0 Å². The number of hydrogen-bond donors (Lipinski definition) is 4. The van der Waals surface area contributed by atoms with Gasteiger partial charge in [0.1, 0.15) is 0 Å². The van der Waals surface area contributed by atoms with Crippen LogP contribution in [-0.2, 0) is 0 Å². The first-order chi connectivity index (χ1) is 5.75. The fraction of sp³-hybridized carbons (Fsp3) is 0. The molecule has 0 radical (unpaired) electrons. The van der Waals surface area contributed by atoms with Crippen LogP contribution in [0.1, 0.15) is 0 Å². The highest BCUT2D eigenvalue weighted by molar-refractivity contribution is 5.90. The van der Waals surface area contributed by atoms with Crippen molar-refractivity contribution >= 4 is 11.9 Å². The quantitative estimate of drug-likeness (QED) is 0.122. The van der Waals surface area contributed by atoms with Gasteiger partial charge in [-0.05, 0) is 5.21 Å². The molecule has 0 fully saturated rings. The van der Waals surface area contributed by atoms with Crippen molar-refractivity contribution < 1.29 is 5.48 Å². The van der Waals surface area contributed by atoms with E-state index in [4.69, 9.17) is 17.1 Å². The Labute approximate surface area is 71.6 Å². The molecule has 13 heavy (non-hydrogen) atoms. The van der Waals surface area contributed by atoms with Crippen molar-refractivity contribution in [3.05, 3.63) is 0 Å². The fourth-order valence-corrected chi connectivity index (χ4v) is 0.456. The van der Waals surface area contributed by atoms with Crippen molar-refractivity contribution in [3.63, 3.8) is 0 Å². The summed E-state index contributed by atoms with van der Waals surface area (Å²) in [7, 11) is 0. The number of aromatic nitrogens is 4. The zero-order valence-corrected chi connectivity index (χ0v) is 6.34. The summed E-state index contributed by atoms with van der Waals surface area (Å²) in [5.74, 6) is 9.59. The maximum atomic E-state index is 7.11. The molecule has 0 saturated carbocycles. The van der Waals surface area contributed by atoms with E-state index in [0.717, 1.165) is 5.01 Å². The van der Waals surface area contributed by atoms with Gasteiger partial charge in [-0.25, -0.2) is 10.9 Å². The first kappa shape index (κ1) is 10.9. The number of nitrogens with two attached hydrogens (primary N) is 2. The Hall–Kier alpha value is -2.14. The van der Waals surface area contributed by atoms with Gasteiger partial charge in [-0.2, -0.15) is 5.21 Å². The highest BCUT2D eigenvalue weighted by atomic mass is 16.0. The number of hydrogen-bond acceptors (Lipinski definition) is 6. The number of anilines is 1. The number of nitrogens with zero attached hydrogens (tertiary/aromatic N) is 6. The number of hydrazine groups is 1. The van der Waals surface area contributed by atoms with Crippen LogP contribution in [0.2, 0.25) is 0 Å². The van der Waals surface area contributed by atoms with Crippen LogP contribution in [0.15, 0.2) is 10.3 Å². The second kappa shape index (κ2) is 4.68. The molecule has 8 N–H and O–H groups in total. The van der Waals surface area contributed by atoms with E-state index in [0.29, 0.717) is 0 Å². The van der Waals surface area contributed by atoms with Gasteiger partial charge in [0.05, 0.1) is 0 Å². The molecule has 0 amide bonds. The van der Waals surface area contributed by atoms with Crippen molar-refractivity contribution in [1.29, 1.82) is 5.41 Å². The van der Waals surface area contributed by atoms with Crippen LogP contribution in [0.3, 0.4) is 0 Å². The second-order valence-corrected chi connectivity index (χ2v) is 1.62. The molecule has 0 aliphatic heterocycles. The maximum Gasteiger partial charge on any atom is 0.286 e. The highest BCUT2D eigenvalue weighted by Crippen LogP contribution is 1.97. The third-order valence-electron chi connectivity index (χ3n) is 0.930. The van der Waals surface area contributed by atoms with Crippen molar-refractivity contribution in [2.24, 2.45) is 22.0 Å². The third kappa shape index (κ3) is 2.42. The van der Waals surface area contributed by atoms with Crippen molar-refractivity contribution in [2.45, 2.75) is 0 Å². The number of aromatic amines is 1. The Morgan fingerprint density at radius 1 is 1.62 bits per heavy atom. The van der Waals surface area contributed by atoms with Crippen LogP contribution in [0.4, 0.5) is 5.95 Å². The Morgan fingerprint density at radius 2 is 2.31 bits per heavy atom. The van der Waals surface area contributed by atoms with Crippen molar-refractivity contribution in [3.8, 4) is 0 Å². The Balaban J connectivity index is 0.00000144. The van der Waals surface area contributed by atoms with Gasteiger partial charge in [0.15, 0.2) is 0 Å². The van der Waals surface area contributed by atoms with E-state index >= 15 is 0 Å². The van der Waals surface area contributed by atoms with Gasteiger partial charge >= 0.3 is 0 Å². The monoisotopic (exact) mass is 188 g/mol. The summed E-state index contributed by atoms with van der Waals surface area (Å²) in [4.78, 5) is 0. The molecule has 0 aliphatic carbocycles. The molecule has 72 valence electrons. The van der Waals surface area contributed by atoms with E-state index in [9.17, 15) is 0 Å². The zero-order valence-electron chi connectivity index (χ0n) is 6.34. The average Bonchev–Trinajstić information content (AvgIpc) is 2.55. The molecule has 0 spiro atoms. The van der Waals surface area contributed by atoms with Crippen LogP contribution in [0.25, 0.3) is 0 Å². The first-order valence-electron chi connectivity index (χ1n) is 2.73. The predicted molar refractivity (Wildman–Crippen MR) is 41.2 cm³/mol. The first-order valence-corrected chi connectivity index (χ1v) is 2.73. The summed E-state index contributed by atoms with van der Waals surface area (Å²) in [6.07, 6.45) is 0. The van der Waals surface area contributed by atoms with Crippen LogP contribution < -0.4 is 16.7 Å². The van der Waals surface area contributed by atoms with E-state index in [1.165, 1.54) is 0 Å². The summed E-state index contributed by atoms with van der Waals surface area (Å²) in [5, 5.41) is 26.2. The lowest BCUT2D eigenvalue weighted by Gasteiger charge is -2.07. The van der Waals surface area contributed by atoms with Crippen molar-refractivity contribution in [1.82, 2.24) is 20.6 Å². The second-order valence-electron chi connectivity index (χ2n) is 1.62. The van der Waals surface area contributed by atoms with Gasteiger partial charge in [-0.1, -0.05) is 15.4 Å². The minimum Gasteiger partial charge on any atom is -0.412 e. The summed E-state index contributed by atoms with van der Waals surface area (Å²) in [5.41, 5.74) is 0. The fourth-order valence-electron chi connectivity index (χ4n) is 0.456. The van der Waals surface area contributed by atoms with E-state index in [1.807, 2.05) is 0 Å². The SMILES string of the molecule is N=C(N=NN)N(N)c1nn[nH]n1.O. The van der Waals surface area contributed by atoms with Crippen molar-refractivity contribution in [2.75, 3.05) is 5.01 Å². The van der Waals surface area contributed by atoms with Crippen LogP contribution in [-0.4, -0.2) is 32.1 Å². The van der Waals surface area contributed by atoms with Gasteiger partial charge in [-0.15, -0.1) is 5.10 Å². The molecular formula is C2H8N10O. The molecule has 11 nitrogen and oxygen atoms in total. The normalized spacial score (nSPS) is 9.62. The predicted octanol–water partition coefficient (Wildman–Crippen LogP) is -2.68. The Bertz CT molecular complexity index is 275. The van der Waals surface area contributed by atoms with Gasteiger partial charge in [-0.3, -0.25) is 5.41 Å². The standard InChI is InChI=1S/C2H6N10.H2O/c3-1(6-9-4)12(5)2-7-10-11-8-2;/h5H2,(H3,3,4,6)(H,7,8,10,11);1H2. The molecule has 0 bridgehead atoms. The summed E-state index contributed by atoms with van der Waals surface area (Å²) in [6, 6.07) is 0. The van der Waals surface area contributed by atoms with Gasteiger partial charge in [0.2, 0.25) is 0 Å². The molecule has 0 aromatic carbocycles. The zero-order chi connectivity index (χ0) is 8.97. The maximum absolute atomic E-state index is 7.11. The Morgan fingerprint density at radius 3 is 2.77 bits per heavy atom. The molecule has 1 rings (SSSR count). The topological polar surface area (TPSA) is 190 Å². The Kier molecular flexibility index (Phi) is 3.91.